The van der Waals surface area contributed by atoms with E-state index >= 15 is 0 Å². The zero-order valence-corrected chi connectivity index (χ0v) is 11.1. The van der Waals surface area contributed by atoms with Gasteiger partial charge in [-0.05, 0) is 49.9 Å². The molecule has 0 unspecified atom stereocenters. The SMILES string of the molecule is CCn1c(-c2ccc(F)cc2)ccc(CNC)c1=O. The molecule has 0 spiro atoms. The van der Waals surface area contributed by atoms with E-state index in [2.05, 4.69) is 5.32 Å². The van der Waals surface area contributed by atoms with Gasteiger partial charge in [-0.25, -0.2) is 4.39 Å². The first kappa shape index (κ1) is 13.5. The van der Waals surface area contributed by atoms with Crippen LogP contribution in [-0.4, -0.2) is 11.6 Å². The Kier molecular flexibility index (Phi) is 4.12. The molecule has 100 valence electrons. The molecule has 0 aliphatic heterocycles. The molecule has 0 atom stereocenters. The molecule has 0 saturated carbocycles. The number of aromatic nitrogens is 1. The molecule has 0 aliphatic carbocycles. The quantitative estimate of drug-likeness (QED) is 0.916. The van der Waals surface area contributed by atoms with E-state index in [-0.39, 0.29) is 11.4 Å². The number of hydrogen-bond acceptors (Lipinski definition) is 2. The molecule has 4 heteroatoms. The van der Waals surface area contributed by atoms with Crippen LogP contribution in [0.5, 0.6) is 0 Å². The molecule has 2 aromatic rings. The van der Waals surface area contributed by atoms with Gasteiger partial charge >= 0.3 is 0 Å². The molecule has 1 N–H and O–H groups in total. The second kappa shape index (κ2) is 5.80. The van der Waals surface area contributed by atoms with Crippen LogP contribution in [0.3, 0.4) is 0 Å². The van der Waals surface area contributed by atoms with Crippen molar-refractivity contribution >= 4 is 0 Å². The van der Waals surface area contributed by atoms with Crippen molar-refractivity contribution in [2.45, 2.75) is 20.0 Å². The molecule has 1 aromatic heterocycles. The molecular formula is C15H17FN2O. The van der Waals surface area contributed by atoms with Crippen LogP contribution in [0.4, 0.5) is 4.39 Å². The molecule has 0 saturated heterocycles. The van der Waals surface area contributed by atoms with Gasteiger partial charge in [0.1, 0.15) is 5.82 Å². The number of nitrogens with one attached hydrogen (secondary N) is 1. The van der Waals surface area contributed by atoms with Gasteiger partial charge in [-0.3, -0.25) is 4.79 Å². The molecule has 0 aliphatic rings. The molecule has 1 aromatic carbocycles. The van der Waals surface area contributed by atoms with Crippen LogP contribution in [-0.2, 0) is 13.1 Å². The Morgan fingerprint density at radius 3 is 2.42 bits per heavy atom. The summed E-state index contributed by atoms with van der Waals surface area (Å²) in [6.07, 6.45) is 0. The Labute approximate surface area is 111 Å². The number of benzene rings is 1. The highest BCUT2D eigenvalue weighted by atomic mass is 19.1. The van der Waals surface area contributed by atoms with Gasteiger partial charge in [0.05, 0.1) is 5.69 Å². The Morgan fingerprint density at radius 2 is 1.84 bits per heavy atom. The van der Waals surface area contributed by atoms with Crippen molar-refractivity contribution in [2.24, 2.45) is 0 Å². The van der Waals surface area contributed by atoms with Crippen LogP contribution in [0.2, 0.25) is 0 Å². The van der Waals surface area contributed by atoms with Gasteiger partial charge in [0, 0.05) is 18.7 Å². The molecule has 0 fully saturated rings. The molecule has 0 radical (unpaired) electrons. The smallest absolute Gasteiger partial charge is 0.255 e. The standard InChI is InChI=1S/C15H17FN2O/c1-3-18-14(11-4-7-13(16)8-5-11)9-6-12(10-17-2)15(18)19/h4-9,17H,3,10H2,1-2H3. The second-order valence-electron chi connectivity index (χ2n) is 4.33. The largest absolute Gasteiger partial charge is 0.315 e. The van der Waals surface area contributed by atoms with Gasteiger partial charge in [-0.15, -0.1) is 0 Å². The van der Waals surface area contributed by atoms with Crippen molar-refractivity contribution in [3.63, 3.8) is 0 Å². The summed E-state index contributed by atoms with van der Waals surface area (Å²) in [5.74, 6) is -0.277. The fourth-order valence-corrected chi connectivity index (χ4v) is 2.14. The minimum absolute atomic E-state index is 0.00123. The molecule has 1 heterocycles. The van der Waals surface area contributed by atoms with Gasteiger partial charge in [0.25, 0.3) is 5.56 Å². The van der Waals surface area contributed by atoms with Crippen LogP contribution in [0.15, 0.2) is 41.2 Å². The average molecular weight is 260 g/mol. The predicted molar refractivity (Wildman–Crippen MR) is 74.5 cm³/mol. The van der Waals surface area contributed by atoms with Crippen molar-refractivity contribution in [3.8, 4) is 11.3 Å². The minimum Gasteiger partial charge on any atom is -0.315 e. The van der Waals surface area contributed by atoms with Gasteiger partial charge in [0.2, 0.25) is 0 Å². The Hall–Kier alpha value is -1.94. The predicted octanol–water partition coefficient (Wildman–Crippen LogP) is 2.39. The molecule has 19 heavy (non-hydrogen) atoms. The number of hydrogen-bond donors (Lipinski definition) is 1. The first-order valence-electron chi connectivity index (χ1n) is 6.30. The summed E-state index contributed by atoms with van der Waals surface area (Å²) in [4.78, 5) is 12.3. The van der Waals surface area contributed by atoms with Crippen molar-refractivity contribution in [3.05, 3.63) is 58.1 Å². The normalized spacial score (nSPS) is 10.7. The Bertz CT molecular complexity index is 617. The highest BCUT2D eigenvalue weighted by molar-refractivity contribution is 5.59. The molecule has 2 rings (SSSR count). The first-order chi connectivity index (χ1) is 9.17. The monoisotopic (exact) mass is 260 g/mol. The van der Waals surface area contributed by atoms with Crippen molar-refractivity contribution in [1.82, 2.24) is 9.88 Å². The summed E-state index contributed by atoms with van der Waals surface area (Å²) < 4.78 is 14.7. The average Bonchev–Trinajstić information content (AvgIpc) is 2.42. The third-order valence-corrected chi connectivity index (χ3v) is 3.08. The molecule has 0 bridgehead atoms. The maximum absolute atomic E-state index is 13.0. The van der Waals surface area contributed by atoms with Gasteiger partial charge in [-0.2, -0.15) is 0 Å². The van der Waals surface area contributed by atoms with Crippen LogP contribution in [0.1, 0.15) is 12.5 Å². The number of nitrogens with zero attached hydrogens (tertiary/aromatic N) is 1. The topological polar surface area (TPSA) is 34.0 Å². The third-order valence-electron chi connectivity index (χ3n) is 3.08. The van der Waals surface area contributed by atoms with E-state index in [0.717, 1.165) is 16.8 Å². The second-order valence-corrected chi connectivity index (χ2v) is 4.33. The van der Waals surface area contributed by atoms with Crippen molar-refractivity contribution in [1.29, 1.82) is 0 Å². The molecule has 0 amide bonds. The summed E-state index contributed by atoms with van der Waals surface area (Å²) in [6.45, 7) is 3.06. The van der Waals surface area contributed by atoms with Gasteiger partial charge in [-0.1, -0.05) is 6.07 Å². The van der Waals surface area contributed by atoms with Crippen molar-refractivity contribution in [2.75, 3.05) is 7.05 Å². The maximum atomic E-state index is 13.0. The van der Waals surface area contributed by atoms with E-state index in [1.807, 2.05) is 26.1 Å². The van der Waals surface area contributed by atoms with E-state index in [1.54, 1.807) is 16.7 Å². The summed E-state index contributed by atoms with van der Waals surface area (Å²) >= 11 is 0. The lowest BCUT2D eigenvalue weighted by atomic mass is 10.1. The fraction of sp³-hybridized carbons (Fsp3) is 0.267. The first-order valence-corrected chi connectivity index (χ1v) is 6.30. The van der Waals surface area contributed by atoms with Crippen LogP contribution in [0.25, 0.3) is 11.3 Å². The van der Waals surface area contributed by atoms with E-state index < -0.39 is 0 Å². The lowest BCUT2D eigenvalue weighted by Crippen LogP contribution is -2.26. The highest BCUT2D eigenvalue weighted by Crippen LogP contribution is 2.18. The number of halogens is 1. The van der Waals surface area contributed by atoms with E-state index in [4.69, 9.17) is 0 Å². The number of rotatable bonds is 4. The van der Waals surface area contributed by atoms with Gasteiger partial charge in [0.15, 0.2) is 0 Å². The van der Waals surface area contributed by atoms with Crippen molar-refractivity contribution < 1.29 is 4.39 Å². The summed E-state index contributed by atoms with van der Waals surface area (Å²) in [5, 5.41) is 2.98. The van der Waals surface area contributed by atoms with E-state index in [9.17, 15) is 9.18 Å². The fourth-order valence-electron chi connectivity index (χ4n) is 2.14. The highest BCUT2D eigenvalue weighted by Gasteiger charge is 2.08. The van der Waals surface area contributed by atoms with E-state index in [0.29, 0.717) is 13.1 Å². The van der Waals surface area contributed by atoms with Crippen LogP contribution in [0, 0.1) is 5.82 Å². The summed E-state index contributed by atoms with van der Waals surface area (Å²) in [5.41, 5.74) is 2.39. The molecular weight excluding hydrogens is 243 g/mol. The zero-order valence-electron chi connectivity index (χ0n) is 11.1. The van der Waals surface area contributed by atoms with Gasteiger partial charge < -0.3 is 9.88 Å². The Morgan fingerprint density at radius 1 is 1.16 bits per heavy atom. The Balaban J connectivity index is 2.55. The summed E-state index contributed by atoms with van der Waals surface area (Å²) in [7, 11) is 1.81. The maximum Gasteiger partial charge on any atom is 0.255 e. The zero-order chi connectivity index (χ0) is 13.8. The summed E-state index contributed by atoms with van der Waals surface area (Å²) in [6, 6.07) is 9.92. The van der Waals surface area contributed by atoms with Crippen LogP contribution >= 0.6 is 0 Å². The lowest BCUT2D eigenvalue weighted by molar-refractivity contribution is 0.628. The third kappa shape index (κ3) is 2.74. The van der Waals surface area contributed by atoms with E-state index in [1.165, 1.54) is 12.1 Å². The molecule has 3 nitrogen and oxygen atoms in total. The van der Waals surface area contributed by atoms with Crippen LogP contribution < -0.4 is 10.9 Å². The number of pyridine rings is 1. The lowest BCUT2D eigenvalue weighted by Gasteiger charge is -2.13. The minimum atomic E-state index is -0.277.